The minimum atomic E-state index is -0.582. The van der Waals surface area contributed by atoms with Gasteiger partial charge < -0.3 is 15.4 Å². The van der Waals surface area contributed by atoms with Crippen LogP contribution in [-0.2, 0) is 9.53 Å². The molecule has 4 heteroatoms. The molecule has 0 heterocycles. The average Bonchev–Trinajstić information content (AvgIpc) is 2.65. The van der Waals surface area contributed by atoms with Crippen molar-refractivity contribution < 1.29 is 9.53 Å². The first kappa shape index (κ1) is 12.5. The van der Waals surface area contributed by atoms with Gasteiger partial charge >= 0.3 is 0 Å². The molecule has 0 aromatic carbocycles. The predicted octanol–water partition coefficient (Wildman–Crippen LogP) is 0.753. The molecule has 1 amide bonds. The highest BCUT2D eigenvalue weighted by Gasteiger charge is 2.38. The van der Waals surface area contributed by atoms with Crippen molar-refractivity contribution >= 4 is 5.91 Å². The van der Waals surface area contributed by atoms with Crippen molar-refractivity contribution in [1.29, 1.82) is 0 Å². The molecule has 0 bridgehead atoms. The van der Waals surface area contributed by atoms with Gasteiger partial charge in [-0.25, -0.2) is 0 Å². The van der Waals surface area contributed by atoms with Gasteiger partial charge in [0.15, 0.2) is 0 Å². The van der Waals surface area contributed by atoms with Crippen LogP contribution >= 0.6 is 0 Å². The first-order valence-electron chi connectivity index (χ1n) is 5.63. The molecule has 2 N–H and O–H groups in total. The standard InChI is InChI=1S/C11H22N2O2/c1-13(8-5-9-15-2)10(14)11(12)6-3-4-7-11/h3-9,12H2,1-2H3. The Morgan fingerprint density at radius 1 is 1.47 bits per heavy atom. The number of amides is 1. The van der Waals surface area contributed by atoms with Gasteiger partial charge in [0.2, 0.25) is 5.91 Å². The minimum Gasteiger partial charge on any atom is -0.385 e. The molecular weight excluding hydrogens is 192 g/mol. The van der Waals surface area contributed by atoms with Crippen LogP contribution in [0.25, 0.3) is 0 Å². The van der Waals surface area contributed by atoms with Gasteiger partial charge in [-0.2, -0.15) is 0 Å². The van der Waals surface area contributed by atoms with E-state index in [2.05, 4.69) is 0 Å². The summed E-state index contributed by atoms with van der Waals surface area (Å²) < 4.78 is 4.95. The number of methoxy groups -OCH3 is 1. The van der Waals surface area contributed by atoms with Crippen molar-refractivity contribution in [3.8, 4) is 0 Å². The maximum atomic E-state index is 12.0. The van der Waals surface area contributed by atoms with Crippen molar-refractivity contribution in [2.24, 2.45) is 5.73 Å². The molecule has 0 unspecified atom stereocenters. The van der Waals surface area contributed by atoms with Gasteiger partial charge in [0.1, 0.15) is 0 Å². The average molecular weight is 214 g/mol. The lowest BCUT2D eigenvalue weighted by Gasteiger charge is -2.28. The van der Waals surface area contributed by atoms with Crippen LogP contribution < -0.4 is 5.73 Å². The van der Waals surface area contributed by atoms with Crippen molar-refractivity contribution in [1.82, 2.24) is 4.90 Å². The molecule has 1 aliphatic rings. The number of carbonyl (C=O) groups is 1. The summed E-state index contributed by atoms with van der Waals surface area (Å²) in [4.78, 5) is 13.8. The molecule has 1 aliphatic carbocycles. The highest BCUT2D eigenvalue weighted by atomic mass is 16.5. The first-order valence-corrected chi connectivity index (χ1v) is 5.63. The van der Waals surface area contributed by atoms with E-state index in [1.54, 1.807) is 12.0 Å². The molecule has 0 aliphatic heterocycles. The molecule has 1 rings (SSSR count). The van der Waals surface area contributed by atoms with E-state index in [9.17, 15) is 4.79 Å². The number of nitrogens with zero attached hydrogens (tertiary/aromatic N) is 1. The SMILES string of the molecule is COCCCN(C)C(=O)C1(N)CCCC1. The van der Waals surface area contributed by atoms with Gasteiger partial charge in [-0.1, -0.05) is 12.8 Å². The summed E-state index contributed by atoms with van der Waals surface area (Å²) in [6.45, 7) is 1.42. The summed E-state index contributed by atoms with van der Waals surface area (Å²) in [5, 5.41) is 0. The van der Waals surface area contributed by atoms with Gasteiger partial charge in [-0.15, -0.1) is 0 Å². The maximum Gasteiger partial charge on any atom is 0.242 e. The van der Waals surface area contributed by atoms with E-state index in [0.717, 1.165) is 38.6 Å². The molecule has 1 saturated carbocycles. The Balaban J connectivity index is 2.38. The largest absolute Gasteiger partial charge is 0.385 e. The third-order valence-corrected chi connectivity index (χ3v) is 3.11. The second kappa shape index (κ2) is 5.47. The maximum absolute atomic E-state index is 12.0. The fourth-order valence-electron chi connectivity index (χ4n) is 2.15. The van der Waals surface area contributed by atoms with Crippen molar-refractivity contribution in [3.05, 3.63) is 0 Å². The first-order chi connectivity index (χ1) is 7.10. The smallest absolute Gasteiger partial charge is 0.242 e. The van der Waals surface area contributed by atoms with Crippen LogP contribution in [0.1, 0.15) is 32.1 Å². The molecule has 4 nitrogen and oxygen atoms in total. The van der Waals surface area contributed by atoms with Crippen molar-refractivity contribution in [2.45, 2.75) is 37.6 Å². The third-order valence-electron chi connectivity index (χ3n) is 3.11. The molecule has 0 saturated heterocycles. The summed E-state index contributed by atoms with van der Waals surface area (Å²) in [5.41, 5.74) is 5.50. The summed E-state index contributed by atoms with van der Waals surface area (Å²) >= 11 is 0. The van der Waals surface area contributed by atoms with Gasteiger partial charge in [0, 0.05) is 27.3 Å². The Kier molecular flexibility index (Phi) is 4.54. The second-order valence-corrected chi connectivity index (χ2v) is 4.44. The third kappa shape index (κ3) is 3.18. The van der Waals surface area contributed by atoms with Gasteiger partial charge in [-0.3, -0.25) is 4.79 Å². The number of likely N-dealkylation sites (N-methyl/N-ethyl adjacent to an activating group) is 1. The fourth-order valence-corrected chi connectivity index (χ4v) is 2.15. The zero-order chi connectivity index (χ0) is 11.3. The normalized spacial score (nSPS) is 19.1. The molecule has 15 heavy (non-hydrogen) atoms. The second-order valence-electron chi connectivity index (χ2n) is 4.44. The minimum absolute atomic E-state index is 0.0936. The van der Waals surface area contributed by atoms with Crippen LogP contribution in [0.3, 0.4) is 0 Å². The summed E-state index contributed by atoms with van der Waals surface area (Å²) in [6.07, 6.45) is 4.69. The molecule has 88 valence electrons. The van der Waals surface area contributed by atoms with Crippen molar-refractivity contribution in [2.75, 3.05) is 27.3 Å². The number of ether oxygens (including phenoxy) is 1. The van der Waals surface area contributed by atoms with Crippen LogP contribution in [0.15, 0.2) is 0 Å². The highest BCUT2D eigenvalue weighted by molar-refractivity contribution is 5.86. The zero-order valence-electron chi connectivity index (χ0n) is 9.79. The Morgan fingerprint density at radius 3 is 2.60 bits per heavy atom. The number of hydrogen-bond acceptors (Lipinski definition) is 3. The van der Waals surface area contributed by atoms with E-state index in [0.29, 0.717) is 6.61 Å². The van der Waals surface area contributed by atoms with Gasteiger partial charge in [0.25, 0.3) is 0 Å². The quantitative estimate of drug-likeness (QED) is 0.687. The topological polar surface area (TPSA) is 55.6 Å². The molecular formula is C11H22N2O2. The lowest BCUT2D eigenvalue weighted by Crippen LogP contribution is -2.52. The Morgan fingerprint density at radius 2 is 2.07 bits per heavy atom. The molecule has 0 radical (unpaired) electrons. The number of carbonyl (C=O) groups excluding carboxylic acids is 1. The number of rotatable bonds is 5. The van der Waals surface area contributed by atoms with Gasteiger partial charge in [0.05, 0.1) is 5.54 Å². The van der Waals surface area contributed by atoms with E-state index in [-0.39, 0.29) is 5.91 Å². The van der Waals surface area contributed by atoms with E-state index in [1.807, 2.05) is 7.05 Å². The lowest BCUT2D eigenvalue weighted by molar-refractivity contribution is -0.135. The summed E-state index contributed by atoms with van der Waals surface area (Å²) in [6, 6.07) is 0. The Labute approximate surface area is 91.8 Å². The summed E-state index contributed by atoms with van der Waals surface area (Å²) in [5.74, 6) is 0.0936. The van der Waals surface area contributed by atoms with Crippen LogP contribution in [0.4, 0.5) is 0 Å². The molecule has 1 fully saturated rings. The van der Waals surface area contributed by atoms with Crippen LogP contribution in [0.5, 0.6) is 0 Å². The van der Waals surface area contributed by atoms with Crippen LogP contribution in [0, 0.1) is 0 Å². The Hall–Kier alpha value is -0.610. The lowest BCUT2D eigenvalue weighted by atomic mass is 9.97. The Bertz CT molecular complexity index is 213. The molecule has 0 aromatic heterocycles. The highest BCUT2D eigenvalue weighted by Crippen LogP contribution is 2.28. The number of hydrogen-bond donors (Lipinski definition) is 1. The van der Waals surface area contributed by atoms with E-state index >= 15 is 0 Å². The zero-order valence-corrected chi connectivity index (χ0v) is 9.79. The van der Waals surface area contributed by atoms with Crippen LogP contribution in [0.2, 0.25) is 0 Å². The summed E-state index contributed by atoms with van der Waals surface area (Å²) in [7, 11) is 3.49. The van der Waals surface area contributed by atoms with Gasteiger partial charge in [-0.05, 0) is 19.3 Å². The number of nitrogens with two attached hydrogens (primary N) is 1. The fraction of sp³-hybridized carbons (Fsp3) is 0.909. The predicted molar refractivity (Wildman–Crippen MR) is 59.5 cm³/mol. The monoisotopic (exact) mass is 214 g/mol. The molecule has 0 spiro atoms. The molecule has 0 atom stereocenters. The van der Waals surface area contributed by atoms with Crippen LogP contribution in [-0.4, -0.2) is 43.7 Å². The van der Waals surface area contributed by atoms with E-state index in [1.165, 1.54) is 0 Å². The molecule has 0 aromatic rings. The van der Waals surface area contributed by atoms with E-state index in [4.69, 9.17) is 10.5 Å². The van der Waals surface area contributed by atoms with E-state index < -0.39 is 5.54 Å². The van der Waals surface area contributed by atoms with Crippen molar-refractivity contribution in [3.63, 3.8) is 0 Å².